The Morgan fingerprint density at radius 1 is 1.04 bits per heavy atom. The summed E-state index contributed by atoms with van der Waals surface area (Å²) < 4.78 is 0. The van der Waals surface area contributed by atoms with E-state index in [0.29, 0.717) is 0 Å². The van der Waals surface area contributed by atoms with Crippen LogP contribution in [0.5, 0.6) is 0 Å². The van der Waals surface area contributed by atoms with Crippen LogP contribution in [0, 0.1) is 0 Å². The highest BCUT2D eigenvalue weighted by Crippen LogP contribution is 2.26. The first kappa shape index (κ1) is 14.3. The summed E-state index contributed by atoms with van der Waals surface area (Å²) in [6.07, 6.45) is 5.09. The Morgan fingerprint density at radius 3 is 2.83 bits per heavy atom. The van der Waals surface area contributed by atoms with Crippen LogP contribution in [-0.4, -0.2) is 18.5 Å². The molecule has 2 aliphatic rings. The molecule has 118 valence electrons. The van der Waals surface area contributed by atoms with E-state index in [-0.39, 0.29) is 11.9 Å². The quantitative estimate of drug-likeness (QED) is 0.893. The van der Waals surface area contributed by atoms with Crippen molar-refractivity contribution in [2.45, 2.75) is 38.1 Å². The van der Waals surface area contributed by atoms with Crippen molar-refractivity contribution in [2.24, 2.45) is 0 Å². The standard InChI is InChI=1S/C20H22N2O/c23-20(18-7-3-9-19-17(18)8-4-12-21-19)22-16-11-10-14-5-1-2-6-15(14)13-16/h1-3,5-7,9,16,21H,4,8,10-13H2,(H,22,23). The van der Waals surface area contributed by atoms with Crippen molar-refractivity contribution >= 4 is 11.6 Å². The third-order valence-corrected chi connectivity index (χ3v) is 5.02. The summed E-state index contributed by atoms with van der Waals surface area (Å²) in [5.74, 6) is 0.0786. The SMILES string of the molecule is O=C(NC1CCc2ccccc2C1)c1cccc2c1CCCN2. The van der Waals surface area contributed by atoms with Crippen LogP contribution in [0.1, 0.15) is 39.9 Å². The van der Waals surface area contributed by atoms with Gasteiger partial charge < -0.3 is 10.6 Å². The van der Waals surface area contributed by atoms with Gasteiger partial charge in [-0.05, 0) is 60.9 Å². The molecule has 2 N–H and O–H groups in total. The van der Waals surface area contributed by atoms with Gasteiger partial charge in [0.15, 0.2) is 0 Å². The lowest BCUT2D eigenvalue weighted by Crippen LogP contribution is -2.39. The van der Waals surface area contributed by atoms with E-state index < -0.39 is 0 Å². The van der Waals surface area contributed by atoms with Crippen molar-refractivity contribution in [3.8, 4) is 0 Å². The van der Waals surface area contributed by atoms with Gasteiger partial charge in [0.25, 0.3) is 5.91 Å². The Balaban J connectivity index is 1.51. The maximum atomic E-state index is 12.8. The molecule has 1 amide bonds. The summed E-state index contributed by atoms with van der Waals surface area (Å²) >= 11 is 0. The maximum absolute atomic E-state index is 12.8. The van der Waals surface area contributed by atoms with E-state index in [1.807, 2.05) is 12.1 Å². The van der Waals surface area contributed by atoms with E-state index in [4.69, 9.17) is 0 Å². The minimum atomic E-state index is 0.0786. The number of hydrogen-bond acceptors (Lipinski definition) is 2. The van der Waals surface area contributed by atoms with E-state index in [1.165, 1.54) is 16.7 Å². The van der Waals surface area contributed by atoms with Gasteiger partial charge in [-0.1, -0.05) is 30.3 Å². The molecule has 3 nitrogen and oxygen atoms in total. The van der Waals surface area contributed by atoms with Gasteiger partial charge in [-0.3, -0.25) is 4.79 Å². The van der Waals surface area contributed by atoms with Gasteiger partial charge in [0.1, 0.15) is 0 Å². The van der Waals surface area contributed by atoms with Gasteiger partial charge in [0.2, 0.25) is 0 Å². The predicted molar refractivity (Wildman–Crippen MR) is 93.0 cm³/mol. The Kier molecular flexibility index (Phi) is 3.78. The fourth-order valence-electron chi connectivity index (χ4n) is 3.81. The van der Waals surface area contributed by atoms with E-state index >= 15 is 0 Å². The van der Waals surface area contributed by atoms with E-state index in [2.05, 4.69) is 41.0 Å². The van der Waals surface area contributed by atoms with Crippen molar-refractivity contribution in [2.75, 3.05) is 11.9 Å². The van der Waals surface area contributed by atoms with Gasteiger partial charge in [-0.25, -0.2) is 0 Å². The van der Waals surface area contributed by atoms with Crippen molar-refractivity contribution in [3.05, 3.63) is 64.7 Å². The Bertz CT molecular complexity index is 738. The lowest BCUT2D eigenvalue weighted by Gasteiger charge is -2.26. The molecule has 1 aliphatic heterocycles. The first-order valence-corrected chi connectivity index (χ1v) is 8.54. The van der Waals surface area contributed by atoms with Gasteiger partial charge in [0.05, 0.1) is 0 Å². The van der Waals surface area contributed by atoms with Crippen molar-refractivity contribution < 1.29 is 4.79 Å². The van der Waals surface area contributed by atoms with Gasteiger partial charge in [0, 0.05) is 23.8 Å². The second-order valence-corrected chi connectivity index (χ2v) is 6.54. The first-order chi connectivity index (χ1) is 11.3. The molecule has 1 aliphatic carbocycles. The maximum Gasteiger partial charge on any atom is 0.251 e. The average molecular weight is 306 g/mol. The highest BCUT2D eigenvalue weighted by molar-refractivity contribution is 5.97. The largest absolute Gasteiger partial charge is 0.385 e. The summed E-state index contributed by atoms with van der Waals surface area (Å²) in [5.41, 5.74) is 5.94. The van der Waals surface area contributed by atoms with Crippen LogP contribution in [0.25, 0.3) is 0 Å². The molecule has 2 aromatic carbocycles. The van der Waals surface area contributed by atoms with Crippen LogP contribution in [0.3, 0.4) is 0 Å². The molecule has 2 aromatic rings. The molecule has 0 fully saturated rings. The third kappa shape index (κ3) is 2.83. The molecule has 0 saturated carbocycles. The van der Waals surface area contributed by atoms with Crippen molar-refractivity contribution in [1.29, 1.82) is 0 Å². The van der Waals surface area contributed by atoms with Crippen LogP contribution in [-0.2, 0) is 19.3 Å². The fourth-order valence-corrected chi connectivity index (χ4v) is 3.81. The van der Waals surface area contributed by atoms with Crippen LogP contribution in [0.4, 0.5) is 5.69 Å². The molecule has 23 heavy (non-hydrogen) atoms. The minimum Gasteiger partial charge on any atom is -0.385 e. The van der Waals surface area contributed by atoms with E-state index in [9.17, 15) is 4.79 Å². The molecule has 0 aromatic heterocycles. The normalized spacial score (nSPS) is 19.2. The van der Waals surface area contributed by atoms with Crippen molar-refractivity contribution in [3.63, 3.8) is 0 Å². The molecule has 1 unspecified atom stereocenters. The minimum absolute atomic E-state index is 0.0786. The topological polar surface area (TPSA) is 41.1 Å². The Morgan fingerprint density at radius 2 is 1.91 bits per heavy atom. The molecule has 0 spiro atoms. The second kappa shape index (κ2) is 6.07. The smallest absolute Gasteiger partial charge is 0.251 e. The summed E-state index contributed by atoms with van der Waals surface area (Å²) in [6.45, 7) is 0.998. The molecular formula is C20H22N2O. The lowest BCUT2D eigenvalue weighted by molar-refractivity contribution is 0.0932. The number of fused-ring (bicyclic) bond motifs is 2. The molecule has 0 saturated heterocycles. The van der Waals surface area contributed by atoms with Gasteiger partial charge in [-0.15, -0.1) is 0 Å². The van der Waals surface area contributed by atoms with E-state index in [0.717, 1.165) is 49.9 Å². The zero-order chi connectivity index (χ0) is 15.6. The molecular weight excluding hydrogens is 284 g/mol. The van der Waals surface area contributed by atoms with Crippen LogP contribution < -0.4 is 10.6 Å². The number of carbonyl (C=O) groups is 1. The molecule has 0 bridgehead atoms. The van der Waals surface area contributed by atoms with Crippen LogP contribution >= 0.6 is 0 Å². The number of hydrogen-bond donors (Lipinski definition) is 2. The number of aryl methyl sites for hydroxylation is 1. The highest BCUT2D eigenvalue weighted by atomic mass is 16.1. The summed E-state index contributed by atoms with van der Waals surface area (Å²) in [5, 5.41) is 6.65. The number of carbonyl (C=O) groups excluding carboxylic acids is 1. The zero-order valence-electron chi connectivity index (χ0n) is 13.3. The van der Waals surface area contributed by atoms with E-state index in [1.54, 1.807) is 0 Å². The molecule has 4 rings (SSSR count). The van der Waals surface area contributed by atoms with Gasteiger partial charge in [-0.2, -0.15) is 0 Å². The predicted octanol–water partition coefficient (Wildman–Crippen LogP) is 3.33. The highest BCUT2D eigenvalue weighted by Gasteiger charge is 2.23. The molecule has 3 heteroatoms. The Hall–Kier alpha value is -2.29. The Labute approximate surface area is 137 Å². The molecule has 1 atom stereocenters. The van der Waals surface area contributed by atoms with Crippen LogP contribution in [0.2, 0.25) is 0 Å². The van der Waals surface area contributed by atoms with Crippen molar-refractivity contribution in [1.82, 2.24) is 5.32 Å². The fraction of sp³-hybridized carbons (Fsp3) is 0.350. The van der Waals surface area contributed by atoms with Crippen LogP contribution in [0.15, 0.2) is 42.5 Å². The number of rotatable bonds is 2. The number of anilines is 1. The first-order valence-electron chi connectivity index (χ1n) is 8.54. The molecule has 0 radical (unpaired) electrons. The number of benzene rings is 2. The summed E-state index contributed by atoms with van der Waals surface area (Å²) in [7, 11) is 0. The zero-order valence-corrected chi connectivity index (χ0v) is 13.3. The summed E-state index contributed by atoms with van der Waals surface area (Å²) in [6, 6.07) is 14.8. The third-order valence-electron chi connectivity index (χ3n) is 5.02. The van der Waals surface area contributed by atoms with Gasteiger partial charge >= 0.3 is 0 Å². The average Bonchev–Trinajstić information content (AvgIpc) is 2.61. The second-order valence-electron chi connectivity index (χ2n) is 6.54. The molecule has 1 heterocycles. The number of nitrogens with one attached hydrogen (secondary N) is 2. The summed E-state index contributed by atoms with van der Waals surface area (Å²) in [4.78, 5) is 12.8. The monoisotopic (exact) mass is 306 g/mol. The lowest BCUT2D eigenvalue weighted by atomic mass is 9.88. The number of amides is 1.